The van der Waals surface area contributed by atoms with Crippen LogP contribution in [0.4, 0.5) is 5.69 Å². The first-order chi connectivity index (χ1) is 14.8. The van der Waals surface area contributed by atoms with Gasteiger partial charge >= 0.3 is 5.97 Å². The van der Waals surface area contributed by atoms with E-state index in [1.165, 1.54) is 51.7 Å². The minimum absolute atomic E-state index is 0.142. The van der Waals surface area contributed by atoms with E-state index in [1.807, 2.05) is 0 Å². The summed E-state index contributed by atoms with van der Waals surface area (Å²) in [5, 5.41) is 5.42. The molecule has 0 bridgehead atoms. The highest BCUT2D eigenvalue weighted by Crippen LogP contribution is 2.39. The van der Waals surface area contributed by atoms with Gasteiger partial charge in [0.2, 0.25) is 5.75 Å². The summed E-state index contributed by atoms with van der Waals surface area (Å²) < 4.78 is 20.5. The number of carbonyl (C=O) groups is 3. The smallest absolute Gasteiger partial charge is 0.325 e. The van der Waals surface area contributed by atoms with Crippen LogP contribution in [0.1, 0.15) is 10.4 Å². The molecule has 0 aliphatic rings. The Morgan fingerprint density at radius 1 is 0.935 bits per heavy atom. The van der Waals surface area contributed by atoms with E-state index in [9.17, 15) is 14.4 Å². The molecule has 0 aliphatic carbocycles. The maximum absolute atomic E-state index is 12.1. The summed E-state index contributed by atoms with van der Waals surface area (Å²) >= 11 is 11.7. The van der Waals surface area contributed by atoms with E-state index in [4.69, 9.17) is 42.1 Å². The van der Waals surface area contributed by atoms with Gasteiger partial charge in [0.1, 0.15) is 6.54 Å². The van der Waals surface area contributed by atoms with E-state index in [1.54, 1.807) is 0 Å². The molecule has 31 heavy (non-hydrogen) atoms. The number of hydrogen-bond acceptors (Lipinski definition) is 7. The van der Waals surface area contributed by atoms with Crippen molar-refractivity contribution in [2.45, 2.75) is 0 Å². The van der Waals surface area contributed by atoms with Gasteiger partial charge in [0, 0.05) is 22.8 Å². The molecular weight excluding hydrogens is 451 g/mol. The van der Waals surface area contributed by atoms with Crippen LogP contribution in [-0.4, -0.2) is 52.3 Å². The van der Waals surface area contributed by atoms with Crippen LogP contribution in [0.3, 0.4) is 0 Å². The minimum Gasteiger partial charge on any atom is -0.493 e. The lowest BCUT2D eigenvalue weighted by Crippen LogP contribution is -2.32. The quantitative estimate of drug-likeness (QED) is 0.541. The predicted octanol–water partition coefficient (Wildman–Crippen LogP) is 2.93. The minimum atomic E-state index is -0.807. The van der Waals surface area contributed by atoms with Crippen LogP contribution >= 0.6 is 23.2 Å². The first kappa shape index (κ1) is 24.1. The van der Waals surface area contributed by atoms with Crippen molar-refractivity contribution in [1.29, 1.82) is 0 Å². The van der Waals surface area contributed by atoms with Crippen LogP contribution in [0.25, 0.3) is 0 Å². The third-order valence-corrected chi connectivity index (χ3v) is 4.43. The number of halogens is 2. The van der Waals surface area contributed by atoms with Gasteiger partial charge in [-0.1, -0.05) is 23.2 Å². The Morgan fingerprint density at radius 2 is 1.58 bits per heavy atom. The lowest BCUT2D eigenvalue weighted by Gasteiger charge is -2.14. The van der Waals surface area contributed by atoms with Crippen LogP contribution < -0.4 is 24.8 Å². The molecule has 0 aromatic heterocycles. The number of rotatable bonds is 9. The summed E-state index contributed by atoms with van der Waals surface area (Å²) in [7, 11) is 4.34. The van der Waals surface area contributed by atoms with Crippen LogP contribution in [-0.2, 0) is 14.3 Å². The molecule has 0 fully saturated rings. The first-order valence-corrected chi connectivity index (χ1v) is 9.53. The van der Waals surface area contributed by atoms with Crippen molar-refractivity contribution in [3.63, 3.8) is 0 Å². The van der Waals surface area contributed by atoms with Gasteiger partial charge in [0.05, 0.1) is 31.9 Å². The molecule has 0 atom stereocenters. The summed E-state index contributed by atoms with van der Waals surface area (Å²) in [5.74, 6) is -0.935. The van der Waals surface area contributed by atoms with Crippen molar-refractivity contribution in [3.8, 4) is 17.2 Å². The molecule has 0 saturated carbocycles. The van der Waals surface area contributed by atoms with E-state index in [0.29, 0.717) is 28.0 Å². The standard InChI is InChI=1S/C20H20Cl2N2O7/c1-28-15-7-12(8-16(29-2)19(15)30-3)24-17(25)10-31-18(26)9-23-20(27)13-5-4-11(21)6-14(13)22/h4-8H,9-10H2,1-3H3,(H,23,27)(H,24,25). The third kappa shape index (κ3) is 6.66. The topological polar surface area (TPSA) is 112 Å². The molecule has 2 amide bonds. The summed E-state index contributed by atoms with van der Waals surface area (Å²) in [6.07, 6.45) is 0. The normalized spacial score (nSPS) is 10.1. The molecule has 0 radical (unpaired) electrons. The average Bonchev–Trinajstić information content (AvgIpc) is 2.75. The molecule has 11 heteroatoms. The van der Waals surface area contributed by atoms with Gasteiger partial charge in [-0.15, -0.1) is 0 Å². The number of anilines is 1. The van der Waals surface area contributed by atoms with Gasteiger partial charge in [0.25, 0.3) is 11.8 Å². The monoisotopic (exact) mass is 470 g/mol. The number of amides is 2. The Kier molecular flexibility index (Phi) is 8.77. The zero-order valence-electron chi connectivity index (χ0n) is 16.9. The number of benzene rings is 2. The third-order valence-electron chi connectivity index (χ3n) is 3.88. The van der Waals surface area contributed by atoms with Gasteiger partial charge in [-0.25, -0.2) is 0 Å². The van der Waals surface area contributed by atoms with E-state index in [0.717, 1.165) is 0 Å². The Labute approximate surface area is 188 Å². The number of hydrogen-bond donors (Lipinski definition) is 2. The summed E-state index contributed by atoms with van der Waals surface area (Å²) in [4.78, 5) is 36.0. The van der Waals surface area contributed by atoms with Crippen molar-refractivity contribution < 1.29 is 33.3 Å². The van der Waals surface area contributed by atoms with E-state index in [-0.39, 0.29) is 10.6 Å². The van der Waals surface area contributed by atoms with Crippen LogP contribution in [0.2, 0.25) is 10.0 Å². The Bertz CT molecular complexity index is 957. The molecule has 9 nitrogen and oxygen atoms in total. The lowest BCUT2D eigenvalue weighted by atomic mass is 10.2. The fourth-order valence-corrected chi connectivity index (χ4v) is 2.96. The zero-order chi connectivity index (χ0) is 23.0. The van der Waals surface area contributed by atoms with Gasteiger partial charge in [-0.3, -0.25) is 14.4 Å². The number of nitrogens with one attached hydrogen (secondary N) is 2. The van der Waals surface area contributed by atoms with Crippen molar-refractivity contribution in [3.05, 3.63) is 45.9 Å². The molecule has 0 spiro atoms. The van der Waals surface area contributed by atoms with Gasteiger partial charge < -0.3 is 29.6 Å². The van der Waals surface area contributed by atoms with Crippen molar-refractivity contribution in [2.24, 2.45) is 0 Å². The van der Waals surface area contributed by atoms with Crippen molar-refractivity contribution in [2.75, 3.05) is 39.8 Å². The summed E-state index contributed by atoms with van der Waals surface area (Å²) in [5.41, 5.74) is 0.500. The van der Waals surface area contributed by atoms with E-state index < -0.39 is 30.9 Å². The van der Waals surface area contributed by atoms with Crippen LogP contribution in [0, 0.1) is 0 Å². The zero-order valence-corrected chi connectivity index (χ0v) is 18.4. The average molecular weight is 471 g/mol. The highest BCUT2D eigenvalue weighted by Gasteiger charge is 2.16. The Morgan fingerprint density at radius 3 is 2.13 bits per heavy atom. The molecule has 0 heterocycles. The van der Waals surface area contributed by atoms with E-state index >= 15 is 0 Å². The maximum Gasteiger partial charge on any atom is 0.325 e. The molecule has 2 N–H and O–H groups in total. The van der Waals surface area contributed by atoms with Crippen LogP contribution in [0.5, 0.6) is 17.2 Å². The summed E-state index contributed by atoms with van der Waals surface area (Å²) in [6, 6.07) is 7.38. The highest BCUT2D eigenvalue weighted by atomic mass is 35.5. The summed E-state index contributed by atoms with van der Waals surface area (Å²) in [6.45, 7) is -1.01. The van der Waals surface area contributed by atoms with Crippen LogP contribution in [0.15, 0.2) is 30.3 Å². The second-order valence-corrected chi connectivity index (χ2v) is 6.77. The fraction of sp³-hybridized carbons (Fsp3) is 0.250. The molecule has 2 aromatic rings. The molecule has 0 unspecified atom stereocenters. The number of ether oxygens (including phenoxy) is 4. The predicted molar refractivity (Wildman–Crippen MR) is 114 cm³/mol. The van der Waals surface area contributed by atoms with Gasteiger partial charge in [-0.2, -0.15) is 0 Å². The van der Waals surface area contributed by atoms with Gasteiger partial charge in [0.15, 0.2) is 18.1 Å². The SMILES string of the molecule is COc1cc(NC(=O)COC(=O)CNC(=O)c2ccc(Cl)cc2Cl)cc(OC)c1OC. The lowest BCUT2D eigenvalue weighted by molar-refractivity contribution is -0.146. The molecular formula is C20H20Cl2N2O7. The molecule has 0 saturated heterocycles. The number of methoxy groups -OCH3 is 3. The number of esters is 1. The largest absolute Gasteiger partial charge is 0.493 e. The highest BCUT2D eigenvalue weighted by molar-refractivity contribution is 6.36. The Balaban J connectivity index is 1.87. The van der Waals surface area contributed by atoms with Crippen molar-refractivity contribution >= 4 is 46.7 Å². The molecule has 166 valence electrons. The second kappa shape index (κ2) is 11.3. The molecule has 2 rings (SSSR count). The number of carbonyl (C=O) groups excluding carboxylic acids is 3. The molecule has 2 aromatic carbocycles. The van der Waals surface area contributed by atoms with E-state index in [2.05, 4.69) is 10.6 Å². The molecule has 0 aliphatic heterocycles. The maximum atomic E-state index is 12.1. The Hall–Kier alpha value is -3.17. The second-order valence-electron chi connectivity index (χ2n) is 5.93. The van der Waals surface area contributed by atoms with Gasteiger partial charge in [-0.05, 0) is 18.2 Å². The first-order valence-electron chi connectivity index (χ1n) is 8.77. The van der Waals surface area contributed by atoms with Crippen molar-refractivity contribution in [1.82, 2.24) is 5.32 Å². The fourth-order valence-electron chi connectivity index (χ4n) is 2.47.